The van der Waals surface area contributed by atoms with E-state index in [1.54, 1.807) is 17.0 Å². The molecule has 0 aliphatic heterocycles. The molecule has 7 nitrogen and oxygen atoms in total. The zero-order chi connectivity index (χ0) is 15.1. The van der Waals surface area contributed by atoms with Gasteiger partial charge in [0, 0.05) is 36.3 Å². The normalized spacial score (nSPS) is 10.8. The Balaban J connectivity index is 2.91. The average Bonchev–Trinajstić information content (AvgIpc) is 2.37. The van der Waals surface area contributed by atoms with Crippen molar-refractivity contribution in [3.05, 3.63) is 38.3 Å². The maximum absolute atomic E-state index is 11.0. The summed E-state index contributed by atoms with van der Waals surface area (Å²) in [4.78, 5) is 22.9. The molecule has 110 valence electrons. The van der Waals surface area contributed by atoms with Crippen LogP contribution in [-0.2, 0) is 16.1 Å². The lowest BCUT2D eigenvalue weighted by Gasteiger charge is -2.19. The summed E-state index contributed by atoms with van der Waals surface area (Å²) in [7, 11) is 1.51. The Bertz CT molecular complexity index is 495. The third kappa shape index (κ3) is 5.24. The molecular formula is C12H15BrN2O5. The summed E-state index contributed by atoms with van der Waals surface area (Å²) in [5.74, 6) is -0.985. The van der Waals surface area contributed by atoms with Gasteiger partial charge in [0.05, 0.1) is 18.1 Å². The van der Waals surface area contributed by atoms with Crippen molar-refractivity contribution in [1.82, 2.24) is 4.90 Å². The van der Waals surface area contributed by atoms with Crippen molar-refractivity contribution < 1.29 is 19.6 Å². The third-order valence-corrected chi connectivity index (χ3v) is 3.10. The number of aliphatic carboxylic acids is 1. The van der Waals surface area contributed by atoms with Gasteiger partial charge in [0.15, 0.2) is 0 Å². The van der Waals surface area contributed by atoms with E-state index in [4.69, 9.17) is 9.84 Å². The van der Waals surface area contributed by atoms with Crippen molar-refractivity contribution in [2.75, 3.05) is 26.8 Å². The number of carbonyl (C=O) groups is 1. The maximum atomic E-state index is 11.0. The first-order valence-electron chi connectivity index (χ1n) is 5.80. The molecular weight excluding hydrogens is 332 g/mol. The molecule has 20 heavy (non-hydrogen) atoms. The van der Waals surface area contributed by atoms with Gasteiger partial charge in [-0.2, -0.15) is 0 Å². The summed E-state index contributed by atoms with van der Waals surface area (Å²) in [6.07, 6.45) is 0. The summed E-state index contributed by atoms with van der Waals surface area (Å²) < 4.78 is 5.52. The van der Waals surface area contributed by atoms with E-state index in [-0.39, 0.29) is 18.8 Å². The molecule has 1 aromatic rings. The molecule has 0 saturated heterocycles. The van der Waals surface area contributed by atoms with Crippen LogP contribution < -0.4 is 0 Å². The lowest BCUT2D eigenvalue weighted by Crippen LogP contribution is -2.32. The van der Waals surface area contributed by atoms with Crippen LogP contribution in [0.25, 0.3) is 0 Å². The molecule has 0 amide bonds. The summed E-state index contributed by atoms with van der Waals surface area (Å²) in [5, 5.41) is 19.9. The minimum Gasteiger partial charge on any atom is -0.480 e. The quantitative estimate of drug-likeness (QED) is 0.570. The Morgan fingerprint density at radius 1 is 1.55 bits per heavy atom. The highest BCUT2D eigenvalue weighted by Crippen LogP contribution is 2.24. The van der Waals surface area contributed by atoms with E-state index in [1.165, 1.54) is 13.2 Å². The molecule has 0 atom stereocenters. The lowest BCUT2D eigenvalue weighted by atomic mass is 10.1. The van der Waals surface area contributed by atoms with Crippen LogP contribution in [0.2, 0.25) is 0 Å². The van der Waals surface area contributed by atoms with E-state index in [0.29, 0.717) is 23.2 Å². The van der Waals surface area contributed by atoms with Crippen LogP contribution in [0.1, 0.15) is 5.56 Å². The van der Waals surface area contributed by atoms with Crippen molar-refractivity contribution in [3.63, 3.8) is 0 Å². The molecule has 1 rings (SSSR count). The highest BCUT2D eigenvalue weighted by atomic mass is 79.9. The smallest absolute Gasteiger partial charge is 0.317 e. The summed E-state index contributed by atoms with van der Waals surface area (Å²) in [6.45, 7) is 0.726. The van der Waals surface area contributed by atoms with Gasteiger partial charge in [0.25, 0.3) is 5.69 Å². The van der Waals surface area contributed by atoms with Crippen LogP contribution in [0.4, 0.5) is 5.69 Å². The van der Waals surface area contributed by atoms with E-state index in [0.717, 1.165) is 0 Å². The van der Waals surface area contributed by atoms with Gasteiger partial charge >= 0.3 is 5.97 Å². The van der Waals surface area contributed by atoms with Gasteiger partial charge in [-0.25, -0.2) is 0 Å². The molecule has 0 spiro atoms. The second-order valence-electron chi connectivity index (χ2n) is 4.13. The molecule has 0 fully saturated rings. The van der Waals surface area contributed by atoms with Crippen molar-refractivity contribution in [3.8, 4) is 0 Å². The predicted molar refractivity (Wildman–Crippen MR) is 75.6 cm³/mol. The van der Waals surface area contributed by atoms with Gasteiger partial charge in [-0.1, -0.05) is 15.9 Å². The Kier molecular flexibility index (Phi) is 6.56. The molecule has 0 aromatic heterocycles. The number of carboxylic acids is 1. The van der Waals surface area contributed by atoms with E-state index < -0.39 is 10.9 Å². The Hall–Kier alpha value is -1.51. The SMILES string of the molecule is COCCN(CC(=O)O)Cc1ccc(Br)cc1[N+](=O)[O-]. The van der Waals surface area contributed by atoms with Gasteiger partial charge in [0.2, 0.25) is 0 Å². The van der Waals surface area contributed by atoms with Gasteiger partial charge < -0.3 is 9.84 Å². The fourth-order valence-corrected chi connectivity index (χ4v) is 2.06. The number of nitro benzene ring substituents is 1. The van der Waals surface area contributed by atoms with Crippen LogP contribution in [0, 0.1) is 10.1 Å². The number of ether oxygens (including phenoxy) is 1. The first kappa shape index (κ1) is 16.5. The topological polar surface area (TPSA) is 92.9 Å². The molecule has 0 aliphatic rings. The molecule has 0 bridgehead atoms. The van der Waals surface area contributed by atoms with E-state index in [1.807, 2.05) is 0 Å². The number of rotatable bonds is 8. The highest BCUT2D eigenvalue weighted by molar-refractivity contribution is 9.10. The summed E-state index contributed by atoms with van der Waals surface area (Å²) in [5.41, 5.74) is 0.433. The number of halogens is 1. The minimum absolute atomic E-state index is 0.0350. The van der Waals surface area contributed by atoms with Crippen LogP contribution in [0.5, 0.6) is 0 Å². The average molecular weight is 347 g/mol. The van der Waals surface area contributed by atoms with E-state index in [2.05, 4.69) is 15.9 Å². The van der Waals surface area contributed by atoms with E-state index in [9.17, 15) is 14.9 Å². The number of carboxylic acid groups (broad SMARTS) is 1. The molecule has 0 aliphatic carbocycles. The van der Waals surface area contributed by atoms with Crippen molar-refractivity contribution in [1.29, 1.82) is 0 Å². The van der Waals surface area contributed by atoms with Gasteiger partial charge in [-0.3, -0.25) is 19.8 Å². The van der Waals surface area contributed by atoms with Gasteiger partial charge in [0.1, 0.15) is 0 Å². The van der Waals surface area contributed by atoms with Crippen molar-refractivity contribution in [2.24, 2.45) is 0 Å². The number of hydrogen-bond acceptors (Lipinski definition) is 5. The van der Waals surface area contributed by atoms with Crippen LogP contribution in [-0.4, -0.2) is 47.7 Å². The molecule has 0 heterocycles. The largest absolute Gasteiger partial charge is 0.480 e. The molecule has 0 saturated carbocycles. The zero-order valence-electron chi connectivity index (χ0n) is 10.9. The second kappa shape index (κ2) is 7.93. The summed E-state index contributed by atoms with van der Waals surface area (Å²) >= 11 is 3.18. The zero-order valence-corrected chi connectivity index (χ0v) is 12.5. The summed E-state index contributed by atoms with van der Waals surface area (Å²) in [6, 6.07) is 4.71. The monoisotopic (exact) mass is 346 g/mol. The van der Waals surface area contributed by atoms with Crippen LogP contribution in [0.3, 0.4) is 0 Å². The number of hydrogen-bond donors (Lipinski definition) is 1. The standard InChI is InChI=1S/C12H15BrN2O5/c1-20-5-4-14(8-12(16)17)7-9-2-3-10(13)6-11(9)15(18)19/h2-3,6H,4-5,7-8H2,1H3,(H,16,17). The lowest BCUT2D eigenvalue weighted by molar-refractivity contribution is -0.385. The molecule has 0 unspecified atom stereocenters. The van der Waals surface area contributed by atoms with Gasteiger partial charge in [-0.15, -0.1) is 0 Å². The maximum Gasteiger partial charge on any atom is 0.317 e. The molecule has 8 heteroatoms. The number of nitro groups is 1. The fourth-order valence-electron chi connectivity index (χ4n) is 1.71. The van der Waals surface area contributed by atoms with Crippen molar-refractivity contribution in [2.45, 2.75) is 6.54 Å². The van der Waals surface area contributed by atoms with Crippen LogP contribution in [0.15, 0.2) is 22.7 Å². The van der Waals surface area contributed by atoms with Crippen molar-refractivity contribution >= 4 is 27.6 Å². The highest BCUT2D eigenvalue weighted by Gasteiger charge is 2.18. The molecule has 1 N–H and O–H groups in total. The minimum atomic E-state index is -0.985. The van der Waals surface area contributed by atoms with E-state index >= 15 is 0 Å². The Morgan fingerprint density at radius 2 is 2.25 bits per heavy atom. The number of benzene rings is 1. The Labute approximate surface area is 124 Å². The first-order chi connectivity index (χ1) is 9.43. The van der Waals surface area contributed by atoms with Crippen LogP contribution >= 0.6 is 15.9 Å². The number of methoxy groups -OCH3 is 1. The molecule has 0 radical (unpaired) electrons. The second-order valence-corrected chi connectivity index (χ2v) is 5.04. The fraction of sp³-hybridized carbons (Fsp3) is 0.417. The predicted octanol–water partition coefficient (Wildman–Crippen LogP) is 1.89. The molecule has 1 aromatic carbocycles. The third-order valence-electron chi connectivity index (χ3n) is 2.61. The first-order valence-corrected chi connectivity index (χ1v) is 6.59. The van der Waals surface area contributed by atoms with Gasteiger partial charge in [-0.05, 0) is 12.1 Å². The Morgan fingerprint density at radius 3 is 2.80 bits per heavy atom. The number of nitrogens with zero attached hydrogens (tertiary/aromatic N) is 2.